The van der Waals surface area contributed by atoms with Gasteiger partial charge in [0.25, 0.3) is 0 Å². The Morgan fingerprint density at radius 1 is 1.41 bits per heavy atom. The van der Waals surface area contributed by atoms with Gasteiger partial charge in [-0.15, -0.1) is 0 Å². The third-order valence-corrected chi connectivity index (χ3v) is 4.50. The molecule has 0 bridgehead atoms. The van der Waals surface area contributed by atoms with E-state index in [9.17, 15) is 8.42 Å². The molecule has 2 rings (SSSR count). The molecule has 0 fully saturated rings. The monoisotopic (exact) mass is 317 g/mol. The molecule has 0 atom stereocenters. The second kappa shape index (κ2) is 4.44. The number of hydroxylamine groups is 1. The fraction of sp³-hybridized carbons (Fsp3) is 0.273. The first kappa shape index (κ1) is 12.6. The fourth-order valence-electron chi connectivity index (χ4n) is 1.60. The number of nitrogens with one attached hydrogen (secondary N) is 1. The highest BCUT2D eigenvalue weighted by atomic mass is 79.9. The van der Waals surface area contributed by atoms with E-state index in [4.69, 9.17) is 4.84 Å². The molecular formula is C11H12BrNO3S. The maximum absolute atomic E-state index is 11.6. The lowest BCUT2D eigenvalue weighted by Crippen LogP contribution is -2.08. The molecule has 1 aliphatic rings. The molecule has 0 amide bonds. The van der Waals surface area contributed by atoms with Crippen molar-refractivity contribution in [1.82, 2.24) is 5.48 Å². The van der Waals surface area contributed by atoms with Crippen LogP contribution in [0.5, 0.6) is 0 Å². The number of hydrogen-bond acceptors (Lipinski definition) is 4. The molecule has 92 valence electrons. The summed E-state index contributed by atoms with van der Waals surface area (Å²) in [5.74, 6) is 0. The Kier molecular flexibility index (Phi) is 3.29. The average molecular weight is 318 g/mol. The predicted octanol–water partition coefficient (Wildman–Crippen LogP) is 2.04. The van der Waals surface area contributed by atoms with E-state index in [1.54, 1.807) is 12.1 Å². The summed E-state index contributed by atoms with van der Waals surface area (Å²) in [7, 11) is -3.22. The van der Waals surface area contributed by atoms with E-state index < -0.39 is 9.84 Å². The lowest BCUT2D eigenvalue weighted by molar-refractivity contribution is 0.121. The summed E-state index contributed by atoms with van der Waals surface area (Å²) in [4.78, 5) is 5.32. The second-order valence-corrected chi connectivity index (χ2v) is 6.75. The standard InChI is InChI=1S/C11H12BrNO3S/c1-7-9(11-3-4-16-13-11)5-8(6-10(7)12)17(2,14)15/h3,5-6,13H,4H2,1-2H3. The van der Waals surface area contributed by atoms with Gasteiger partial charge in [0.15, 0.2) is 9.84 Å². The maximum atomic E-state index is 11.6. The van der Waals surface area contributed by atoms with Gasteiger partial charge in [0.2, 0.25) is 0 Å². The van der Waals surface area contributed by atoms with Crippen LogP contribution in [0.1, 0.15) is 11.1 Å². The van der Waals surface area contributed by atoms with Crippen molar-refractivity contribution < 1.29 is 13.3 Å². The van der Waals surface area contributed by atoms with Crippen LogP contribution < -0.4 is 5.48 Å². The quantitative estimate of drug-likeness (QED) is 0.907. The SMILES string of the molecule is Cc1c(Br)cc(S(C)(=O)=O)cc1C1=CCON1. The van der Waals surface area contributed by atoms with Crippen LogP contribution in [-0.2, 0) is 14.7 Å². The zero-order valence-corrected chi connectivity index (χ0v) is 11.9. The molecule has 1 aliphatic heterocycles. The van der Waals surface area contributed by atoms with Gasteiger partial charge in [0.05, 0.1) is 17.2 Å². The van der Waals surface area contributed by atoms with Crippen molar-refractivity contribution in [2.45, 2.75) is 11.8 Å². The maximum Gasteiger partial charge on any atom is 0.175 e. The Labute approximate surface area is 109 Å². The number of hydrogen-bond donors (Lipinski definition) is 1. The van der Waals surface area contributed by atoms with Crippen LogP contribution in [0.4, 0.5) is 0 Å². The topological polar surface area (TPSA) is 55.4 Å². The minimum Gasteiger partial charge on any atom is -0.272 e. The molecule has 4 nitrogen and oxygen atoms in total. The molecule has 0 saturated heterocycles. The van der Waals surface area contributed by atoms with Gasteiger partial charge in [0.1, 0.15) is 0 Å². The van der Waals surface area contributed by atoms with Gasteiger partial charge in [-0.2, -0.15) is 0 Å². The van der Waals surface area contributed by atoms with Crippen LogP contribution in [0.2, 0.25) is 0 Å². The van der Waals surface area contributed by atoms with E-state index in [0.717, 1.165) is 21.3 Å². The first-order chi connectivity index (χ1) is 7.89. The first-order valence-electron chi connectivity index (χ1n) is 4.98. The number of halogens is 1. The van der Waals surface area contributed by atoms with E-state index in [1.165, 1.54) is 6.26 Å². The molecule has 0 spiro atoms. The van der Waals surface area contributed by atoms with Crippen molar-refractivity contribution in [1.29, 1.82) is 0 Å². The second-order valence-electron chi connectivity index (χ2n) is 3.88. The lowest BCUT2D eigenvalue weighted by atomic mass is 10.1. The molecule has 1 aromatic carbocycles. The molecule has 0 aliphatic carbocycles. The molecular weight excluding hydrogens is 306 g/mol. The molecule has 0 radical (unpaired) electrons. The van der Waals surface area contributed by atoms with Gasteiger partial charge in [-0.1, -0.05) is 15.9 Å². The molecule has 6 heteroatoms. The molecule has 1 aromatic rings. The Morgan fingerprint density at radius 3 is 2.65 bits per heavy atom. The highest BCUT2D eigenvalue weighted by molar-refractivity contribution is 9.10. The Balaban J connectivity index is 2.62. The largest absolute Gasteiger partial charge is 0.272 e. The van der Waals surface area contributed by atoms with Crippen LogP contribution in [0.25, 0.3) is 5.70 Å². The highest BCUT2D eigenvalue weighted by Gasteiger charge is 2.16. The summed E-state index contributed by atoms with van der Waals surface area (Å²) in [6, 6.07) is 3.27. The molecule has 1 N–H and O–H groups in total. The van der Waals surface area contributed by atoms with Crippen molar-refractivity contribution in [3.8, 4) is 0 Å². The summed E-state index contributed by atoms with van der Waals surface area (Å²) >= 11 is 3.38. The van der Waals surface area contributed by atoms with E-state index in [-0.39, 0.29) is 0 Å². The number of rotatable bonds is 2. The van der Waals surface area contributed by atoms with Gasteiger partial charge < -0.3 is 0 Å². The minimum atomic E-state index is -3.22. The first-order valence-corrected chi connectivity index (χ1v) is 7.66. The van der Waals surface area contributed by atoms with Gasteiger partial charge in [0, 0.05) is 16.3 Å². The van der Waals surface area contributed by atoms with E-state index in [2.05, 4.69) is 21.4 Å². The molecule has 0 aromatic heterocycles. The normalized spacial score (nSPS) is 15.6. The summed E-state index contributed by atoms with van der Waals surface area (Å²) in [5, 5.41) is 0. The Bertz CT molecular complexity index is 593. The van der Waals surface area contributed by atoms with Crippen LogP contribution >= 0.6 is 15.9 Å². The van der Waals surface area contributed by atoms with Gasteiger partial charge in [-0.25, -0.2) is 8.42 Å². The van der Waals surface area contributed by atoms with E-state index >= 15 is 0 Å². The van der Waals surface area contributed by atoms with Crippen LogP contribution in [-0.4, -0.2) is 21.3 Å². The highest BCUT2D eigenvalue weighted by Crippen LogP contribution is 2.29. The van der Waals surface area contributed by atoms with Gasteiger partial charge in [-0.3, -0.25) is 10.3 Å². The van der Waals surface area contributed by atoms with Crippen molar-refractivity contribution in [3.05, 3.63) is 33.8 Å². The smallest absolute Gasteiger partial charge is 0.175 e. The zero-order chi connectivity index (χ0) is 12.6. The Morgan fingerprint density at radius 2 is 2.12 bits per heavy atom. The van der Waals surface area contributed by atoms with Crippen molar-refractivity contribution >= 4 is 31.5 Å². The third kappa shape index (κ3) is 2.53. The van der Waals surface area contributed by atoms with Gasteiger partial charge >= 0.3 is 0 Å². The van der Waals surface area contributed by atoms with Crippen LogP contribution in [0.3, 0.4) is 0 Å². The summed E-state index contributed by atoms with van der Waals surface area (Å²) in [6.45, 7) is 2.40. The van der Waals surface area contributed by atoms with E-state index in [1.807, 2.05) is 13.0 Å². The molecule has 0 saturated carbocycles. The zero-order valence-electron chi connectivity index (χ0n) is 9.45. The fourth-order valence-corrected chi connectivity index (χ4v) is 2.87. The molecule has 1 heterocycles. The number of benzene rings is 1. The average Bonchev–Trinajstić information content (AvgIpc) is 2.73. The minimum absolute atomic E-state index is 0.291. The lowest BCUT2D eigenvalue weighted by Gasteiger charge is -2.11. The molecule has 17 heavy (non-hydrogen) atoms. The van der Waals surface area contributed by atoms with E-state index in [0.29, 0.717) is 11.5 Å². The van der Waals surface area contributed by atoms with Crippen LogP contribution in [0.15, 0.2) is 27.6 Å². The van der Waals surface area contributed by atoms with Crippen molar-refractivity contribution in [2.24, 2.45) is 0 Å². The van der Waals surface area contributed by atoms with Crippen molar-refractivity contribution in [3.63, 3.8) is 0 Å². The Hall–Kier alpha value is -0.850. The predicted molar refractivity (Wildman–Crippen MR) is 69.1 cm³/mol. The number of sulfone groups is 1. The van der Waals surface area contributed by atoms with Crippen LogP contribution in [0, 0.1) is 6.92 Å². The third-order valence-electron chi connectivity index (χ3n) is 2.59. The summed E-state index contributed by atoms with van der Waals surface area (Å²) < 4.78 is 23.9. The molecule has 0 unspecified atom stereocenters. The van der Waals surface area contributed by atoms with Crippen molar-refractivity contribution in [2.75, 3.05) is 12.9 Å². The summed E-state index contributed by atoms with van der Waals surface area (Å²) in [5.41, 5.74) is 5.37. The van der Waals surface area contributed by atoms with Gasteiger partial charge in [-0.05, 0) is 30.7 Å². The summed E-state index contributed by atoms with van der Waals surface area (Å²) in [6.07, 6.45) is 3.07.